The lowest BCUT2D eigenvalue weighted by atomic mass is 10.1. The highest BCUT2D eigenvalue weighted by Crippen LogP contribution is 2.19. The smallest absolute Gasteiger partial charge is 0.180 e. The van der Waals surface area contributed by atoms with Gasteiger partial charge in [0.25, 0.3) is 0 Å². The van der Waals surface area contributed by atoms with Crippen molar-refractivity contribution < 1.29 is 9.47 Å². The van der Waals surface area contributed by atoms with Crippen LogP contribution in [0.25, 0.3) is 0 Å². The van der Waals surface area contributed by atoms with Gasteiger partial charge in [-0.25, -0.2) is 0 Å². The fourth-order valence-corrected chi connectivity index (χ4v) is 2.18. The first-order valence-electron chi connectivity index (χ1n) is 9.24. The summed E-state index contributed by atoms with van der Waals surface area (Å²) >= 11 is 0. The van der Waals surface area contributed by atoms with Crippen LogP contribution in [0.3, 0.4) is 0 Å². The summed E-state index contributed by atoms with van der Waals surface area (Å²) < 4.78 is 11.7. The first-order valence-corrected chi connectivity index (χ1v) is 9.24. The first-order chi connectivity index (χ1) is 11.3. The largest absolute Gasteiger partial charge is 0.330 e. The van der Waals surface area contributed by atoms with Crippen molar-refractivity contribution in [2.24, 2.45) is 0 Å². The summed E-state index contributed by atoms with van der Waals surface area (Å²) in [6.07, 6.45) is 24.6. The zero-order valence-corrected chi connectivity index (χ0v) is 16.4. The van der Waals surface area contributed by atoms with Crippen molar-refractivity contribution in [3.63, 3.8) is 0 Å². The molecule has 0 spiro atoms. The Balaban J connectivity index is 4.30. The number of unbranched alkanes of at least 4 members (excludes halogenated alkanes) is 7. The Hall–Kier alpha value is -1.22. The van der Waals surface area contributed by atoms with Crippen molar-refractivity contribution in [2.75, 3.05) is 0 Å². The molecule has 0 aliphatic rings. The molecule has 0 heterocycles. The van der Waals surface area contributed by atoms with Gasteiger partial charge in [0.05, 0.1) is 0 Å². The van der Waals surface area contributed by atoms with Crippen LogP contribution in [-0.4, -0.2) is 17.5 Å². The lowest BCUT2D eigenvalue weighted by Gasteiger charge is -2.29. The summed E-state index contributed by atoms with van der Waals surface area (Å²) in [4.78, 5) is 0. The van der Waals surface area contributed by atoms with Gasteiger partial charge in [0.1, 0.15) is 11.2 Å². The molecule has 0 atom stereocenters. The van der Waals surface area contributed by atoms with Gasteiger partial charge in [-0.2, -0.15) is 0 Å². The molecule has 0 aromatic heterocycles. The van der Waals surface area contributed by atoms with Crippen LogP contribution >= 0.6 is 0 Å². The van der Waals surface area contributed by atoms with E-state index in [9.17, 15) is 0 Å². The number of hydrogen-bond acceptors (Lipinski definition) is 2. The lowest BCUT2D eigenvalue weighted by molar-refractivity contribution is -0.189. The van der Waals surface area contributed by atoms with Crippen molar-refractivity contribution in [1.29, 1.82) is 0 Å². The Bertz CT molecular complexity index is 404. The molecule has 0 aromatic carbocycles. The molecule has 0 aliphatic carbocycles. The van der Waals surface area contributed by atoms with Crippen molar-refractivity contribution >= 4 is 0 Å². The highest BCUT2D eigenvalue weighted by molar-refractivity contribution is 5.06. The van der Waals surface area contributed by atoms with Crippen LogP contribution in [0.15, 0.2) is 12.2 Å². The van der Waals surface area contributed by atoms with Gasteiger partial charge in [-0.15, -0.1) is 12.8 Å². The number of allylic oxidation sites excluding steroid dienone is 1. The molecule has 0 saturated heterocycles. The monoisotopic (exact) mass is 332 g/mol. The highest BCUT2D eigenvalue weighted by Gasteiger charge is 2.25. The minimum Gasteiger partial charge on any atom is -0.330 e. The van der Waals surface area contributed by atoms with Gasteiger partial charge >= 0.3 is 0 Å². The van der Waals surface area contributed by atoms with Gasteiger partial charge < -0.3 is 9.47 Å². The molecular weight excluding hydrogens is 296 g/mol. The van der Waals surface area contributed by atoms with E-state index >= 15 is 0 Å². The van der Waals surface area contributed by atoms with Crippen LogP contribution in [0.2, 0.25) is 0 Å². The third-order valence-corrected chi connectivity index (χ3v) is 3.78. The standard InChI is InChI=1S/C22H36O2/c1-8-11-12-13-14-15-16-17-18-19-20(23-21(4,5)9-2)24-22(6,7)10-3/h2-3,18-20H,8,11-17H2,1,4-7H3. The summed E-state index contributed by atoms with van der Waals surface area (Å²) in [7, 11) is 0. The van der Waals surface area contributed by atoms with Crippen LogP contribution in [0.1, 0.15) is 86.0 Å². The molecule has 0 rings (SSSR count). The molecule has 136 valence electrons. The number of terminal acetylenes is 2. The van der Waals surface area contributed by atoms with Gasteiger partial charge in [-0.1, -0.05) is 63.4 Å². The summed E-state index contributed by atoms with van der Waals surface area (Å²) in [5.74, 6) is 5.25. The summed E-state index contributed by atoms with van der Waals surface area (Å²) in [5, 5.41) is 0. The van der Waals surface area contributed by atoms with Crippen LogP contribution in [0, 0.1) is 24.7 Å². The van der Waals surface area contributed by atoms with E-state index < -0.39 is 17.5 Å². The molecule has 0 aliphatic heterocycles. The van der Waals surface area contributed by atoms with Crippen LogP contribution in [0.4, 0.5) is 0 Å². The van der Waals surface area contributed by atoms with E-state index in [-0.39, 0.29) is 0 Å². The molecule has 2 heteroatoms. The quantitative estimate of drug-likeness (QED) is 0.182. The first kappa shape index (κ1) is 22.8. The predicted molar refractivity (Wildman–Crippen MR) is 104 cm³/mol. The molecule has 0 amide bonds. The van der Waals surface area contributed by atoms with Crippen molar-refractivity contribution in [3.8, 4) is 24.7 Å². The second-order valence-corrected chi connectivity index (χ2v) is 7.25. The molecule has 0 aromatic rings. The van der Waals surface area contributed by atoms with E-state index in [1.807, 2.05) is 33.8 Å². The maximum absolute atomic E-state index is 5.86. The van der Waals surface area contributed by atoms with Gasteiger partial charge in [-0.3, -0.25) is 0 Å². The second kappa shape index (κ2) is 12.2. The number of rotatable bonds is 13. The van der Waals surface area contributed by atoms with Gasteiger partial charge in [0.2, 0.25) is 0 Å². The Morgan fingerprint density at radius 2 is 1.29 bits per heavy atom. The van der Waals surface area contributed by atoms with Crippen LogP contribution in [-0.2, 0) is 9.47 Å². The Kier molecular flexibility index (Phi) is 11.6. The second-order valence-electron chi connectivity index (χ2n) is 7.25. The summed E-state index contributed by atoms with van der Waals surface area (Å²) in [6.45, 7) is 9.62. The average molecular weight is 333 g/mol. The van der Waals surface area contributed by atoms with Crippen molar-refractivity contribution in [3.05, 3.63) is 12.2 Å². The maximum Gasteiger partial charge on any atom is 0.180 e. The molecule has 0 unspecified atom stereocenters. The molecule has 2 nitrogen and oxygen atoms in total. The van der Waals surface area contributed by atoms with E-state index in [4.69, 9.17) is 22.3 Å². The summed E-state index contributed by atoms with van der Waals surface area (Å²) in [5.41, 5.74) is -1.39. The Morgan fingerprint density at radius 3 is 1.75 bits per heavy atom. The molecular formula is C22H36O2. The fraction of sp³-hybridized carbons (Fsp3) is 0.727. The van der Waals surface area contributed by atoms with Gasteiger partial charge in [-0.05, 0) is 46.6 Å². The average Bonchev–Trinajstić information content (AvgIpc) is 2.52. The lowest BCUT2D eigenvalue weighted by Crippen LogP contribution is -2.35. The van der Waals surface area contributed by atoms with Gasteiger partial charge in [0.15, 0.2) is 6.29 Å². The van der Waals surface area contributed by atoms with Crippen LogP contribution in [0.5, 0.6) is 0 Å². The third kappa shape index (κ3) is 12.2. The SMILES string of the molecule is C#CC(C)(C)OC(C=CCCCCCCCCC)OC(C)(C)C#C. The Labute approximate surface area is 150 Å². The molecule has 0 saturated carbocycles. The molecule has 0 N–H and O–H groups in total. The maximum atomic E-state index is 5.86. The highest BCUT2D eigenvalue weighted by atomic mass is 16.7. The molecule has 0 fully saturated rings. The van der Waals surface area contributed by atoms with Gasteiger partial charge in [0, 0.05) is 0 Å². The zero-order chi connectivity index (χ0) is 18.5. The molecule has 0 radical (unpaired) electrons. The zero-order valence-electron chi connectivity index (χ0n) is 16.4. The van der Waals surface area contributed by atoms with E-state index in [0.717, 1.165) is 6.42 Å². The topological polar surface area (TPSA) is 18.5 Å². The van der Waals surface area contributed by atoms with E-state index in [2.05, 4.69) is 24.8 Å². The predicted octanol–water partition coefficient (Wildman–Crippen LogP) is 5.87. The fourth-order valence-electron chi connectivity index (χ4n) is 2.18. The van der Waals surface area contributed by atoms with Crippen LogP contribution < -0.4 is 0 Å². The number of ether oxygens (including phenoxy) is 2. The number of hydrogen-bond donors (Lipinski definition) is 0. The minimum absolute atomic E-state index is 0.536. The normalized spacial score (nSPS) is 12.5. The minimum atomic E-state index is -0.695. The van der Waals surface area contributed by atoms with E-state index in [0.29, 0.717) is 0 Å². The van der Waals surface area contributed by atoms with E-state index in [1.54, 1.807) is 0 Å². The third-order valence-electron chi connectivity index (χ3n) is 3.78. The Morgan fingerprint density at radius 1 is 0.833 bits per heavy atom. The van der Waals surface area contributed by atoms with E-state index in [1.165, 1.54) is 44.9 Å². The summed E-state index contributed by atoms with van der Waals surface area (Å²) in [6, 6.07) is 0. The van der Waals surface area contributed by atoms with Crippen molar-refractivity contribution in [2.45, 2.75) is 103 Å². The molecule has 0 bridgehead atoms. The molecule has 24 heavy (non-hydrogen) atoms. The van der Waals surface area contributed by atoms with Crippen molar-refractivity contribution in [1.82, 2.24) is 0 Å².